The number of nitrogens with one attached hydrogen (secondary N) is 1. The number of nitrogens with zero attached hydrogens (tertiary/aromatic N) is 2. The zero-order chi connectivity index (χ0) is 22.0. The van der Waals surface area contributed by atoms with Crippen molar-refractivity contribution < 1.29 is 13.9 Å². The Kier molecular flexibility index (Phi) is 5.63. The van der Waals surface area contributed by atoms with Crippen LogP contribution < -0.4 is 5.32 Å². The van der Waals surface area contributed by atoms with E-state index in [9.17, 15) is 9.18 Å². The molecule has 0 saturated carbocycles. The Morgan fingerprint density at radius 3 is 2.71 bits per heavy atom. The predicted octanol–water partition coefficient (Wildman–Crippen LogP) is 4.83. The molecule has 1 amide bonds. The SMILES string of the molecule is CNC(=O)OCCc1ccccc1[C@]1(C)Cc2cnn(-c3ccc(F)cc3)c2C=C1C. The van der Waals surface area contributed by atoms with Crippen LogP contribution in [0.25, 0.3) is 11.8 Å². The molecule has 0 unspecified atom stereocenters. The number of amides is 1. The molecule has 1 heterocycles. The predicted molar refractivity (Wildman–Crippen MR) is 119 cm³/mol. The van der Waals surface area contributed by atoms with Gasteiger partial charge in [-0.1, -0.05) is 36.8 Å². The van der Waals surface area contributed by atoms with E-state index < -0.39 is 6.09 Å². The second-order valence-corrected chi connectivity index (χ2v) is 8.07. The first-order valence-corrected chi connectivity index (χ1v) is 10.4. The number of fused-ring (bicyclic) bond motifs is 1. The van der Waals surface area contributed by atoms with E-state index in [-0.39, 0.29) is 11.2 Å². The third-order valence-corrected chi connectivity index (χ3v) is 6.15. The number of carbonyl (C=O) groups is 1. The minimum atomic E-state index is -0.421. The first-order chi connectivity index (χ1) is 14.9. The van der Waals surface area contributed by atoms with Gasteiger partial charge in [-0.05, 0) is 60.4 Å². The van der Waals surface area contributed by atoms with Crippen LogP contribution in [0.5, 0.6) is 0 Å². The topological polar surface area (TPSA) is 56.1 Å². The Morgan fingerprint density at radius 2 is 1.97 bits per heavy atom. The quantitative estimate of drug-likeness (QED) is 0.645. The number of halogens is 1. The van der Waals surface area contributed by atoms with E-state index in [0.717, 1.165) is 28.9 Å². The average Bonchev–Trinajstić information content (AvgIpc) is 3.17. The maximum absolute atomic E-state index is 13.3. The van der Waals surface area contributed by atoms with Crippen LogP contribution in [0.15, 0.2) is 60.3 Å². The van der Waals surface area contributed by atoms with Crippen molar-refractivity contribution in [3.63, 3.8) is 0 Å². The summed E-state index contributed by atoms with van der Waals surface area (Å²) in [5.74, 6) is -0.263. The summed E-state index contributed by atoms with van der Waals surface area (Å²) in [6.45, 7) is 4.71. The lowest BCUT2D eigenvalue weighted by Gasteiger charge is -2.36. The molecule has 0 fully saturated rings. The Morgan fingerprint density at radius 1 is 1.23 bits per heavy atom. The summed E-state index contributed by atoms with van der Waals surface area (Å²) < 4.78 is 20.4. The molecule has 31 heavy (non-hydrogen) atoms. The summed E-state index contributed by atoms with van der Waals surface area (Å²) in [6, 6.07) is 14.7. The number of carbonyl (C=O) groups excluding carboxylic acids is 1. The van der Waals surface area contributed by atoms with E-state index in [0.29, 0.717) is 13.0 Å². The average molecular weight is 420 g/mol. The summed E-state index contributed by atoms with van der Waals surface area (Å²) >= 11 is 0. The molecule has 0 radical (unpaired) electrons. The van der Waals surface area contributed by atoms with Gasteiger partial charge < -0.3 is 10.1 Å². The zero-order valence-electron chi connectivity index (χ0n) is 18.0. The normalized spacial score (nSPS) is 17.6. The van der Waals surface area contributed by atoms with Gasteiger partial charge >= 0.3 is 6.09 Å². The van der Waals surface area contributed by atoms with E-state index in [4.69, 9.17) is 4.74 Å². The van der Waals surface area contributed by atoms with E-state index in [1.54, 1.807) is 19.2 Å². The van der Waals surface area contributed by atoms with E-state index in [1.165, 1.54) is 23.3 Å². The van der Waals surface area contributed by atoms with E-state index in [2.05, 4.69) is 48.5 Å². The fraction of sp³-hybridized carbons (Fsp3) is 0.280. The molecule has 1 atom stereocenters. The number of hydrogen-bond donors (Lipinski definition) is 1. The first kappa shape index (κ1) is 20.8. The first-order valence-electron chi connectivity index (χ1n) is 10.4. The fourth-order valence-electron chi connectivity index (χ4n) is 4.26. The Bertz CT molecular complexity index is 1130. The monoisotopic (exact) mass is 419 g/mol. The number of hydrogen-bond acceptors (Lipinski definition) is 3. The summed E-state index contributed by atoms with van der Waals surface area (Å²) in [6.07, 6.45) is 5.10. The lowest BCUT2D eigenvalue weighted by atomic mass is 9.68. The summed E-state index contributed by atoms with van der Waals surface area (Å²) in [5, 5.41) is 7.05. The van der Waals surface area contributed by atoms with Gasteiger partial charge in [-0.25, -0.2) is 13.9 Å². The van der Waals surface area contributed by atoms with Crippen molar-refractivity contribution in [2.24, 2.45) is 0 Å². The van der Waals surface area contributed by atoms with Crippen LogP contribution in [0.2, 0.25) is 0 Å². The zero-order valence-corrected chi connectivity index (χ0v) is 18.0. The number of benzene rings is 2. The molecule has 5 nitrogen and oxygen atoms in total. The molecule has 1 aliphatic carbocycles. The molecule has 3 aromatic rings. The number of aromatic nitrogens is 2. The smallest absolute Gasteiger partial charge is 0.406 e. The van der Waals surface area contributed by atoms with E-state index >= 15 is 0 Å². The van der Waals surface area contributed by atoms with Gasteiger partial charge in [0.25, 0.3) is 0 Å². The molecule has 160 valence electrons. The molecule has 2 aromatic carbocycles. The highest BCUT2D eigenvalue weighted by Gasteiger charge is 2.35. The molecular formula is C25H26FN3O2. The highest BCUT2D eigenvalue weighted by Crippen LogP contribution is 2.42. The fourth-order valence-corrected chi connectivity index (χ4v) is 4.26. The van der Waals surface area contributed by atoms with Crippen molar-refractivity contribution in [3.05, 3.63) is 88.5 Å². The molecule has 0 aliphatic heterocycles. The van der Waals surface area contributed by atoms with Gasteiger partial charge in [0.1, 0.15) is 5.82 Å². The molecule has 0 bridgehead atoms. The second kappa shape index (κ2) is 8.38. The van der Waals surface area contributed by atoms with Crippen molar-refractivity contribution in [1.82, 2.24) is 15.1 Å². The summed E-state index contributed by atoms with van der Waals surface area (Å²) in [5.41, 5.74) is 6.43. The Balaban J connectivity index is 1.65. The van der Waals surface area contributed by atoms with Crippen molar-refractivity contribution >= 4 is 12.2 Å². The van der Waals surface area contributed by atoms with Crippen LogP contribution in [0.4, 0.5) is 9.18 Å². The minimum absolute atomic E-state index is 0.201. The Labute approximate surface area is 181 Å². The molecular weight excluding hydrogens is 393 g/mol. The molecule has 1 aromatic heterocycles. The van der Waals surface area contributed by atoms with Crippen LogP contribution in [-0.2, 0) is 23.0 Å². The molecule has 4 rings (SSSR count). The summed E-state index contributed by atoms with van der Waals surface area (Å²) in [7, 11) is 1.55. The maximum atomic E-state index is 13.3. The van der Waals surface area contributed by atoms with Gasteiger partial charge in [-0.3, -0.25) is 0 Å². The van der Waals surface area contributed by atoms with Gasteiger partial charge in [-0.2, -0.15) is 5.10 Å². The van der Waals surface area contributed by atoms with Crippen LogP contribution >= 0.6 is 0 Å². The molecule has 1 N–H and O–H groups in total. The number of rotatable bonds is 5. The third kappa shape index (κ3) is 3.98. The van der Waals surface area contributed by atoms with Crippen molar-refractivity contribution in [3.8, 4) is 5.69 Å². The highest BCUT2D eigenvalue weighted by molar-refractivity contribution is 5.66. The second-order valence-electron chi connectivity index (χ2n) is 8.07. The molecule has 0 spiro atoms. The maximum Gasteiger partial charge on any atom is 0.406 e. The van der Waals surface area contributed by atoms with Gasteiger partial charge in [-0.15, -0.1) is 0 Å². The lowest BCUT2D eigenvalue weighted by Crippen LogP contribution is -2.31. The third-order valence-electron chi connectivity index (χ3n) is 6.15. The molecule has 0 saturated heterocycles. The Hall–Kier alpha value is -3.41. The van der Waals surface area contributed by atoms with Gasteiger partial charge in [0.05, 0.1) is 24.2 Å². The standard InChI is InChI=1S/C25H26FN3O2/c1-17-14-23-19(16-28-29(23)21-10-8-20(26)9-11-21)15-25(17,2)22-7-5-4-6-18(22)12-13-31-24(30)27-3/h4-11,14,16H,12-13,15H2,1-3H3,(H,27,30)/t25-/m1/s1. The minimum Gasteiger partial charge on any atom is -0.449 e. The molecule has 1 aliphatic rings. The number of allylic oxidation sites excluding steroid dienone is 1. The highest BCUT2D eigenvalue weighted by atomic mass is 19.1. The lowest BCUT2D eigenvalue weighted by molar-refractivity contribution is 0.149. The molecule has 6 heteroatoms. The van der Waals surface area contributed by atoms with E-state index in [1.807, 2.05) is 16.9 Å². The largest absolute Gasteiger partial charge is 0.449 e. The van der Waals surface area contributed by atoms with Crippen molar-refractivity contribution in [2.75, 3.05) is 13.7 Å². The number of alkyl carbamates (subject to hydrolysis) is 1. The summed E-state index contributed by atoms with van der Waals surface area (Å²) in [4.78, 5) is 11.4. The van der Waals surface area contributed by atoms with Gasteiger partial charge in [0.2, 0.25) is 0 Å². The van der Waals surface area contributed by atoms with Gasteiger partial charge in [0, 0.05) is 18.9 Å². The van der Waals surface area contributed by atoms with Crippen LogP contribution in [-0.4, -0.2) is 29.5 Å². The van der Waals surface area contributed by atoms with Gasteiger partial charge in [0.15, 0.2) is 0 Å². The number of ether oxygens (including phenoxy) is 1. The van der Waals surface area contributed by atoms with Crippen molar-refractivity contribution in [1.29, 1.82) is 0 Å². The van der Waals surface area contributed by atoms with Crippen molar-refractivity contribution in [2.45, 2.75) is 32.1 Å². The van der Waals surface area contributed by atoms with Crippen LogP contribution in [0, 0.1) is 5.82 Å². The van der Waals surface area contributed by atoms with Crippen LogP contribution in [0.3, 0.4) is 0 Å². The van der Waals surface area contributed by atoms with Crippen LogP contribution in [0.1, 0.15) is 36.2 Å².